The molecule has 0 aromatic rings. The Kier molecular flexibility index (Phi) is 8.98. The molecule has 0 radical (unpaired) electrons. The topological polar surface area (TPSA) is 44.8 Å². The Morgan fingerprint density at radius 1 is 1.23 bits per heavy atom. The Morgan fingerprint density at radius 3 is 2.50 bits per heavy atom. The summed E-state index contributed by atoms with van der Waals surface area (Å²) in [7, 11) is 2.13. The minimum atomic E-state index is -0.00140. The maximum atomic E-state index is 11.9. The zero-order valence-electron chi connectivity index (χ0n) is 15.0. The summed E-state index contributed by atoms with van der Waals surface area (Å²) in [6, 6.07) is 0. The van der Waals surface area contributed by atoms with Crippen LogP contribution in [0.1, 0.15) is 46.5 Å². The Hall–Kier alpha value is -0.650. The standard InChI is InChI=1S/C17H35N3O2/c1-5-8-17(3,6-2)22-14-7-9-18-16(21)15-20-12-10-19(4)11-13-20/h5-15H2,1-4H3,(H,18,21). The Labute approximate surface area is 136 Å². The third-order valence-electron chi connectivity index (χ3n) is 4.58. The molecule has 0 bridgehead atoms. The van der Waals surface area contributed by atoms with Crippen LogP contribution in [0.15, 0.2) is 0 Å². The normalized spacial score (nSPS) is 19.8. The molecule has 22 heavy (non-hydrogen) atoms. The minimum Gasteiger partial charge on any atom is -0.375 e. The smallest absolute Gasteiger partial charge is 0.234 e. The molecule has 5 heteroatoms. The molecule has 1 fully saturated rings. The van der Waals surface area contributed by atoms with Crippen LogP contribution in [0.3, 0.4) is 0 Å². The number of carbonyl (C=O) groups is 1. The number of ether oxygens (including phenoxy) is 1. The highest BCUT2D eigenvalue weighted by Crippen LogP contribution is 2.21. The van der Waals surface area contributed by atoms with E-state index in [1.807, 2.05) is 0 Å². The van der Waals surface area contributed by atoms with E-state index in [1.165, 1.54) is 0 Å². The number of nitrogens with one attached hydrogen (secondary N) is 1. The van der Waals surface area contributed by atoms with Gasteiger partial charge in [0.05, 0.1) is 12.1 Å². The second-order valence-electron chi connectivity index (χ2n) is 6.68. The van der Waals surface area contributed by atoms with E-state index < -0.39 is 0 Å². The van der Waals surface area contributed by atoms with Gasteiger partial charge < -0.3 is 15.0 Å². The highest BCUT2D eigenvalue weighted by Gasteiger charge is 2.21. The van der Waals surface area contributed by atoms with Crippen molar-refractivity contribution in [2.45, 2.75) is 52.1 Å². The van der Waals surface area contributed by atoms with Crippen molar-refractivity contribution >= 4 is 5.91 Å². The van der Waals surface area contributed by atoms with Gasteiger partial charge in [-0.2, -0.15) is 0 Å². The van der Waals surface area contributed by atoms with Crippen molar-refractivity contribution in [3.05, 3.63) is 0 Å². The van der Waals surface area contributed by atoms with Gasteiger partial charge in [0, 0.05) is 39.3 Å². The molecule has 0 saturated carbocycles. The molecule has 1 aliphatic heterocycles. The lowest BCUT2D eigenvalue weighted by atomic mass is 9.97. The van der Waals surface area contributed by atoms with E-state index in [0.29, 0.717) is 13.1 Å². The van der Waals surface area contributed by atoms with Crippen molar-refractivity contribution in [2.75, 3.05) is 52.9 Å². The van der Waals surface area contributed by atoms with Crippen LogP contribution in [-0.2, 0) is 9.53 Å². The molecule has 0 aromatic carbocycles. The number of nitrogens with zero attached hydrogens (tertiary/aromatic N) is 2. The van der Waals surface area contributed by atoms with Crippen LogP contribution in [-0.4, -0.2) is 74.2 Å². The largest absolute Gasteiger partial charge is 0.375 e. The first-order chi connectivity index (χ1) is 10.5. The summed E-state index contributed by atoms with van der Waals surface area (Å²) in [4.78, 5) is 16.4. The molecular weight excluding hydrogens is 278 g/mol. The summed E-state index contributed by atoms with van der Waals surface area (Å²) in [5.74, 6) is 0.136. The average molecular weight is 313 g/mol. The van der Waals surface area contributed by atoms with Gasteiger partial charge in [0.15, 0.2) is 0 Å². The molecule has 0 aromatic heterocycles. The lowest BCUT2D eigenvalue weighted by molar-refractivity contribution is -0.122. The van der Waals surface area contributed by atoms with Crippen LogP contribution in [0.2, 0.25) is 0 Å². The molecule has 0 spiro atoms. The number of amides is 1. The Bertz CT molecular complexity index is 317. The lowest BCUT2D eigenvalue weighted by Gasteiger charge is -2.31. The van der Waals surface area contributed by atoms with Gasteiger partial charge in [-0.05, 0) is 33.2 Å². The maximum Gasteiger partial charge on any atom is 0.234 e. The van der Waals surface area contributed by atoms with Crippen molar-refractivity contribution in [3.63, 3.8) is 0 Å². The van der Waals surface area contributed by atoms with Gasteiger partial charge in [0.2, 0.25) is 5.91 Å². The third kappa shape index (κ3) is 7.56. The fourth-order valence-electron chi connectivity index (χ4n) is 2.76. The van der Waals surface area contributed by atoms with Crippen LogP contribution >= 0.6 is 0 Å². The predicted octanol–water partition coefficient (Wildman–Crippen LogP) is 1.73. The Morgan fingerprint density at radius 2 is 1.91 bits per heavy atom. The van der Waals surface area contributed by atoms with Gasteiger partial charge in [-0.15, -0.1) is 0 Å². The zero-order valence-corrected chi connectivity index (χ0v) is 15.0. The molecule has 5 nitrogen and oxygen atoms in total. The number of hydrogen-bond donors (Lipinski definition) is 1. The third-order valence-corrected chi connectivity index (χ3v) is 4.58. The number of hydrogen-bond acceptors (Lipinski definition) is 4. The van der Waals surface area contributed by atoms with Crippen molar-refractivity contribution in [1.82, 2.24) is 15.1 Å². The van der Waals surface area contributed by atoms with E-state index in [2.05, 4.69) is 42.9 Å². The van der Waals surface area contributed by atoms with Gasteiger partial charge in [0.25, 0.3) is 0 Å². The van der Waals surface area contributed by atoms with Crippen LogP contribution in [0.5, 0.6) is 0 Å². The molecule has 1 rings (SSSR count). The maximum absolute atomic E-state index is 11.9. The lowest BCUT2D eigenvalue weighted by Crippen LogP contribution is -2.48. The van der Waals surface area contributed by atoms with Gasteiger partial charge in [-0.3, -0.25) is 9.69 Å². The van der Waals surface area contributed by atoms with Crippen molar-refractivity contribution < 1.29 is 9.53 Å². The van der Waals surface area contributed by atoms with Crippen molar-refractivity contribution in [3.8, 4) is 0 Å². The SMILES string of the molecule is CCCC(C)(CC)OCCCNC(=O)CN1CCN(C)CC1. The second kappa shape index (κ2) is 10.2. The average Bonchev–Trinajstić information content (AvgIpc) is 2.49. The molecule has 1 atom stereocenters. The van der Waals surface area contributed by atoms with Gasteiger partial charge in [-0.1, -0.05) is 20.3 Å². The van der Waals surface area contributed by atoms with Gasteiger partial charge in [-0.25, -0.2) is 0 Å². The van der Waals surface area contributed by atoms with E-state index in [4.69, 9.17) is 4.74 Å². The highest BCUT2D eigenvalue weighted by molar-refractivity contribution is 5.77. The first kappa shape index (κ1) is 19.4. The van der Waals surface area contributed by atoms with E-state index in [1.54, 1.807) is 0 Å². The fourth-order valence-corrected chi connectivity index (χ4v) is 2.76. The molecule has 130 valence electrons. The molecule has 1 unspecified atom stereocenters. The molecule has 1 heterocycles. The number of piperazine rings is 1. The minimum absolute atomic E-state index is 0.00140. The van der Waals surface area contributed by atoms with E-state index in [-0.39, 0.29) is 11.5 Å². The molecule has 1 saturated heterocycles. The first-order valence-corrected chi connectivity index (χ1v) is 8.80. The van der Waals surface area contributed by atoms with Gasteiger partial charge in [0.1, 0.15) is 0 Å². The molecule has 0 aliphatic carbocycles. The monoisotopic (exact) mass is 313 g/mol. The summed E-state index contributed by atoms with van der Waals surface area (Å²) in [5, 5.41) is 3.00. The van der Waals surface area contributed by atoms with Crippen LogP contribution in [0, 0.1) is 0 Å². The number of carbonyl (C=O) groups excluding carboxylic acids is 1. The second-order valence-corrected chi connectivity index (χ2v) is 6.68. The van der Waals surface area contributed by atoms with Crippen LogP contribution in [0.4, 0.5) is 0 Å². The van der Waals surface area contributed by atoms with E-state index in [0.717, 1.165) is 58.5 Å². The number of rotatable bonds is 10. The van der Waals surface area contributed by atoms with Crippen molar-refractivity contribution in [2.24, 2.45) is 0 Å². The summed E-state index contributed by atoms with van der Waals surface area (Å²) >= 11 is 0. The predicted molar refractivity (Wildman–Crippen MR) is 91.1 cm³/mol. The molecule has 1 N–H and O–H groups in total. The molecular formula is C17H35N3O2. The zero-order chi connectivity index (χ0) is 16.4. The van der Waals surface area contributed by atoms with Crippen molar-refractivity contribution in [1.29, 1.82) is 0 Å². The summed E-state index contributed by atoms with van der Waals surface area (Å²) in [6.07, 6.45) is 4.16. The summed E-state index contributed by atoms with van der Waals surface area (Å²) in [6.45, 7) is 12.6. The van der Waals surface area contributed by atoms with E-state index >= 15 is 0 Å². The number of likely N-dealkylation sites (N-methyl/N-ethyl adjacent to an activating group) is 1. The Balaban J connectivity index is 2.07. The highest BCUT2D eigenvalue weighted by atomic mass is 16.5. The van der Waals surface area contributed by atoms with E-state index in [9.17, 15) is 4.79 Å². The first-order valence-electron chi connectivity index (χ1n) is 8.80. The summed E-state index contributed by atoms with van der Waals surface area (Å²) < 4.78 is 6.00. The van der Waals surface area contributed by atoms with Gasteiger partial charge >= 0.3 is 0 Å². The quantitative estimate of drug-likeness (QED) is 0.624. The van der Waals surface area contributed by atoms with Crippen LogP contribution < -0.4 is 5.32 Å². The summed E-state index contributed by atoms with van der Waals surface area (Å²) in [5.41, 5.74) is -0.00140. The molecule has 1 amide bonds. The molecule has 1 aliphatic rings. The van der Waals surface area contributed by atoms with Crippen LogP contribution in [0.25, 0.3) is 0 Å². The fraction of sp³-hybridized carbons (Fsp3) is 0.941.